The van der Waals surface area contributed by atoms with Crippen LogP contribution in [0.15, 0.2) is 75.7 Å². The highest BCUT2D eigenvalue weighted by atomic mass is 127. The summed E-state index contributed by atoms with van der Waals surface area (Å²) in [6.07, 6.45) is 1.74. The highest BCUT2D eigenvalue weighted by Gasteiger charge is 2.34. The van der Waals surface area contributed by atoms with Crippen LogP contribution in [0, 0.1) is 3.57 Å². The Balaban J connectivity index is 1.65. The molecule has 0 aliphatic carbocycles. The topological polar surface area (TPSA) is 124 Å². The van der Waals surface area contributed by atoms with Crippen LogP contribution < -0.4 is 33.8 Å². The van der Waals surface area contributed by atoms with Gasteiger partial charge in [0.2, 0.25) is 0 Å². The van der Waals surface area contributed by atoms with Crippen LogP contribution in [-0.4, -0.2) is 50.5 Å². The molecule has 5 rings (SSSR count). The minimum absolute atomic E-state index is 0.129. The third kappa shape index (κ3) is 8.16. The standard InChI is InChI=1S/C36H34ClIN2O9S/c1-6-46-27-15-22(10-13-26(27)48-19-30(41)45-5)32-31(35(43)47-7-2)20(3)39-36-40(32)34(42)29(50-36)16-23-14-25(38)17-28(44-4)33(23)49-18-21-8-11-24(37)12-9-21/h8-17,32H,6-7,18-19H2,1-5H3/b29-16+/t32-/m1/s1. The number of halogens is 2. The highest BCUT2D eigenvalue weighted by molar-refractivity contribution is 14.1. The number of thiazole rings is 1. The lowest BCUT2D eigenvalue weighted by atomic mass is 9.95. The van der Waals surface area contributed by atoms with E-state index in [1.54, 1.807) is 64.3 Å². The summed E-state index contributed by atoms with van der Waals surface area (Å²) in [6.45, 7) is 5.56. The Morgan fingerprint density at radius 3 is 2.42 bits per heavy atom. The van der Waals surface area contributed by atoms with Gasteiger partial charge in [0.1, 0.15) is 6.61 Å². The SMILES string of the molecule is CCOC(=O)C1=C(C)N=c2s/c(=C/c3cc(I)cc(OC)c3OCc3ccc(Cl)cc3)c(=O)n2[C@@H]1c1ccc(OCC(=O)OC)c(OCC)c1. The fourth-order valence-corrected chi connectivity index (χ4v) is 7.05. The number of carbonyl (C=O) groups is 2. The fraction of sp³-hybridized carbons (Fsp3) is 0.278. The number of methoxy groups -OCH3 is 2. The zero-order chi connectivity index (χ0) is 35.9. The van der Waals surface area contributed by atoms with Crippen LogP contribution in [0.1, 0.15) is 43.5 Å². The first-order valence-corrected chi connectivity index (χ1v) is 17.8. The summed E-state index contributed by atoms with van der Waals surface area (Å²) in [6, 6.07) is 15.2. The average Bonchev–Trinajstić information content (AvgIpc) is 3.40. The summed E-state index contributed by atoms with van der Waals surface area (Å²) in [5.41, 5.74) is 2.31. The molecular formula is C36H34ClIN2O9S. The maximum absolute atomic E-state index is 14.4. The molecule has 0 bridgehead atoms. The molecule has 0 saturated carbocycles. The van der Waals surface area contributed by atoms with Crippen LogP contribution in [-0.2, 0) is 25.7 Å². The van der Waals surface area contributed by atoms with E-state index in [2.05, 4.69) is 27.6 Å². The number of esters is 2. The molecule has 3 aromatic carbocycles. The van der Waals surface area contributed by atoms with Crippen LogP contribution in [0.5, 0.6) is 23.0 Å². The molecule has 0 spiro atoms. The normalized spacial score (nSPS) is 14.1. The molecule has 1 aliphatic heterocycles. The van der Waals surface area contributed by atoms with E-state index in [0.717, 1.165) is 9.13 Å². The number of nitrogens with zero attached hydrogens (tertiary/aromatic N) is 2. The minimum Gasteiger partial charge on any atom is -0.493 e. The van der Waals surface area contributed by atoms with Gasteiger partial charge in [-0.3, -0.25) is 9.36 Å². The van der Waals surface area contributed by atoms with E-state index in [0.29, 0.717) is 60.8 Å². The molecule has 262 valence electrons. The molecule has 14 heteroatoms. The summed E-state index contributed by atoms with van der Waals surface area (Å²) in [5, 5.41) is 0.619. The Morgan fingerprint density at radius 2 is 1.74 bits per heavy atom. The third-order valence-corrected chi connectivity index (χ3v) is 9.38. The van der Waals surface area contributed by atoms with Crippen LogP contribution in [0.3, 0.4) is 0 Å². The molecule has 50 heavy (non-hydrogen) atoms. The summed E-state index contributed by atoms with van der Waals surface area (Å²) >= 11 is 9.43. The Morgan fingerprint density at radius 1 is 0.980 bits per heavy atom. The van der Waals surface area contributed by atoms with Crippen LogP contribution in [0.4, 0.5) is 0 Å². The average molecular weight is 833 g/mol. The van der Waals surface area contributed by atoms with Crippen molar-refractivity contribution >= 4 is 63.5 Å². The molecule has 11 nitrogen and oxygen atoms in total. The number of carbonyl (C=O) groups excluding carboxylic acids is 2. The first-order chi connectivity index (χ1) is 24.1. The zero-order valence-electron chi connectivity index (χ0n) is 27.9. The van der Waals surface area contributed by atoms with Crippen molar-refractivity contribution in [2.24, 2.45) is 4.99 Å². The number of benzene rings is 3. The van der Waals surface area contributed by atoms with Gasteiger partial charge in [-0.15, -0.1) is 0 Å². The van der Waals surface area contributed by atoms with Gasteiger partial charge in [-0.25, -0.2) is 14.6 Å². The second kappa shape index (κ2) is 16.6. The van der Waals surface area contributed by atoms with Crippen molar-refractivity contribution in [2.75, 3.05) is 34.0 Å². The number of allylic oxidation sites excluding steroid dienone is 1. The fourth-order valence-electron chi connectivity index (χ4n) is 5.26. The largest absolute Gasteiger partial charge is 0.493 e. The van der Waals surface area contributed by atoms with Crippen molar-refractivity contribution in [2.45, 2.75) is 33.4 Å². The van der Waals surface area contributed by atoms with E-state index < -0.39 is 18.0 Å². The van der Waals surface area contributed by atoms with Crippen LogP contribution in [0.25, 0.3) is 6.08 Å². The zero-order valence-corrected chi connectivity index (χ0v) is 31.6. The van der Waals surface area contributed by atoms with Gasteiger partial charge in [-0.2, -0.15) is 0 Å². The van der Waals surface area contributed by atoms with Crippen molar-refractivity contribution in [3.8, 4) is 23.0 Å². The summed E-state index contributed by atoms with van der Waals surface area (Å²) in [4.78, 5) is 44.7. The van der Waals surface area contributed by atoms with E-state index in [1.807, 2.05) is 24.3 Å². The molecule has 2 heterocycles. The first-order valence-electron chi connectivity index (χ1n) is 15.5. The molecule has 0 fully saturated rings. The third-order valence-electron chi connectivity index (χ3n) is 7.52. The molecule has 1 aliphatic rings. The Kier molecular flexibility index (Phi) is 12.2. The van der Waals surface area contributed by atoms with Crippen molar-refractivity contribution < 1.29 is 38.0 Å². The molecule has 0 saturated heterocycles. The summed E-state index contributed by atoms with van der Waals surface area (Å²) in [7, 11) is 2.82. The van der Waals surface area contributed by atoms with Gasteiger partial charge in [0.05, 0.1) is 49.3 Å². The van der Waals surface area contributed by atoms with E-state index in [4.69, 9.17) is 40.0 Å². The molecule has 0 N–H and O–H groups in total. The molecule has 1 atom stereocenters. The highest BCUT2D eigenvalue weighted by Crippen LogP contribution is 2.37. The number of fused-ring (bicyclic) bond motifs is 1. The number of hydrogen-bond donors (Lipinski definition) is 0. The second-order valence-electron chi connectivity index (χ2n) is 10.7. The predicted octanol–water partition coefficient (Wildman–Crippen LogP) is 5.59. The van der Waals surface area contributed by atoms with Gasteiger partial charge in [0, 0.05) is 14.2 Å². The molecule has 4 aromatic rings. The minimum atomic E-state index is -0.910. The summed E-state index contributed by atoms with van der Waals surface area (Å²) < 4.78 is 36.3. The smallest absolute Gasteiger partial charge is 0.343 e. The number of aromatic nitrogens is 1. The Hall–Kier alpha value is -4.34. The maximum Gasteiger partial charge on any atom is 0.343 e. The van der Waals surface area contributed by atoms with Crippen molar-refractivity contribution in [1.29, 1.82) is 0 Å². The van der Waals surface area contributed by atoms with E-state index in [9.17, 15) is 14.4 Å². The predicted molar refractivity (Wildman–Crippen MR) is 197 cm³/mol. The molecule has 0 amide bonds. The molecule has 0 unspecified atom stereocenters. The summed E-state index contributed by atoms with van der Waals surface area (Å²) in [5.74, 6) is 0.417. The van der Waals surface area contributed by atoms with Gasteiger partial charge < -0.3 is 28.4 Å². The van der Waals surface area contributed by atoms with Gasteiger partial charge in [0.15, 0.2) is 34.4 Å². The lowest BCUT2D eigenvalue weighted by Crippen LogP contribution is -2.40. The van der Waals surface area contributed by atoms with Crippen molar-refractivity contribution in [3.05, 3.63) is 111 Å². The van der Waals surface area contributed by atoms with Crippen LogP contribution >= 0.6 is 45.5 Å². The monoisotopic (exact) mass is 832 g/mol. The lowest BCUT2D eigenvalue weighted by molar-refractivity contribution is -0.143. The van der Waals surface area contributed by atoms with Crippen molar-refractivity contribution in [1.82, 2.24) is 4.57 Å². The number of rotatable bonds is 13. The van der Waals surface area contributed by atoms with E-state index >= 15 is 0 Å². The number of hydrogen-bond acceptors (Lipinski definition) is 11. The van der Waals surface area contributed by atoms with E-state index in [-0.39, 0.29) is 31.0 Å². The second-order valence-corrected chi connectivity index (χ2v) is 13.4. The molecule has 0 radical (unpaired) electrons. The molecule has 1 aromatic heterocycles. The van der Waals surface area contributed by atoms with Gasteiger partial charge in [-0.05, 0) is 97.0 Å². The van der Waals surface area contributed by atoms with E-state index in [1.165, 1.54) is 23.0 Å². The van der Waals surface area contributed by atoms with Gasteiger partial charge in [-0.1, -0.05) is 41.1 Å². The molecular weight excluding hydrogens is 799 g/mol. The van der Waals surface area contributed by atoms with Gasteiger partial charge >= 0.3 is 11.9 Å². The van der Waals surface area contributed by atoms with Crippen LogP contribution in [0.2, 0.25) is 5.02 Å². The quantitative estimate of drug-likeness (QED) is 0.125. The lowest BCUT2D eigenvalue weighted by Gasteiger charge is -2.25. The number of ether oxygens (including phenoxy) is 6. The maximum atomic E-state index is 14.4. The Labute approximate surface area is 310 Å². The van der Waals surface area contributed by atoms with Crippen molar-refractivity contribution in [3.63, 3.8) is 0 Å². The Bertz CT molecular complexity index is 2130. The van der Waals surface area contributed by atoms with Gasteiger partial charge in [0.25, 0.3) is 5.56 Å². The first kappa shape index (κ1) is 36.9.